The Morgan fingerprint density at radius 1 is 1.28 bits per heavy atom. The minimum atomic E-state index is -0.506. The topological polar surface area (TPSA) is 51.7 Å². The maximum Gasteiger partial charge on any atom is 0.410 e. The maximum absolute atomic E-state index is 12.3. The molecule has 0 radical (unpaired) electrons. The Kier molecular flexibility index (Phi) is 4.66. The van der Waals surface area contributed by atoms with Gasteiger partial charge in [0.2, 0.25) is 0 Å². The predicted molar refractivity (Wildman–Crippen MR) is 96.1 cm³/mol. The summed E-state index contributed by atoms with van der Waals surface area (Å²) in [6, 6.07) is 9.94. The van der Waals surface area contributed by atoms with Crippen LogP contribution in [0.1, 0.15) is 37.8 Å². The zero-order chi connectivity index (χ0) is 18.0. The van der Waals surface area contributed by atoms with Crippen molar-refractivity contribution < 1.29 is 14.3 Å². The number of carbonyl (C=O) groups is 1. The lowest BCUT2D eigenvalue weighted by Crippen LogP contribution is -2.36. The molecule has 2 heterocycles. The van der Waals surface area contributed by atoms with Gasteiger partial charge in [0.05, 0.1) is 6.20 Å². The highest BCUT2D eigenvalue weighted by atomic mass is 16.6. The molecule has 132 valence electrons. The third-order valence-corrected chi connectivity index (χ3v) is 4.11. The number of aromatic nitrogens is 1. The number of ether oxygens (including phenoxy) is 2. The van der Waals surface area contributed by atoms with Crippen LogP contribution in [-0.2, 0) is 11.2 Å². The van der Waals surface area contributed by atoms with Crippen LogP contribution >= 0.6 is 0 Å². The van der Waals surface area contributed by atoms with E-state index in [1.54, 1.807) is 24.3 Å². The Bertz CT molecular complexity index is 768. The maximum atomic E-state index is 12.3. The van der Waals surface area contributed by atoms with Gasteiger partial charge in [0.15, 0.2) is 0 Å². The fourth-order valence-electron chi connectivity index (χ4n) is 2.98. The molecule has 2 aromatic rings. The molecule has 25 heavy (non-hydrogen) atoms. The number of hydrogen-bond donors (Lipinski definition) is 0. The molecule has 3 rings (SSSR count). The van der Waals surface area contributed by atoms with Crippen LogP contribution in [0.15, 0.2) is 42.7 Å². The number of amides is 1. The van der Waals surface area contributed by atoms with Crippen LogP contribution in [0.3, 0.4) is 0 Å². The first-order chi connectivity index (χ1) is 11.8. The van der Waals surface area contributed by atoms with Gasteiger partial charge in [-0.25, -0.2) is 4.79 Å². The molecule has 1 aromatic carbocycles. The van der Waals surface area contributed by atoms with Crippen LogP contribution in [0.2, 0.25) is 0 Å². The third-order valence-electron chi connectivity index (χ3n) is 4.11. The average Bonchev–Trinajstić information content (AvgIpc) is 2.69. The minimum absolute atomic E-state index is 0.123. The van der Waals surface area contributed by atoms with Gasteiger partial charge in [-0.3, -0.25) is 4.98 Å². The molecule has 1 unspecified atom stereocenters. The van der Waals surface area contributed by atoms with Crippen LogP contribution in [0.5, 0.6) is 11.5 Å². The smallest absolute Gasteiger partial charge is 0.410 e. The van der Waals surface area contributed by atoms with E-state index in [4.69, 9.17) is 9.47 Å². The lowest BCUT2D eigenvalue weighted by Gasteiger charge is -2.27. The number of carbonyl (C=O) groups excluding carboxylic acids is 1. The standard InChI is InChI=1S/C20H24N2O3/c1-20(2,3)25-19(23)22(4)13-15-11-14-9-10-21-12-18(14)24-17-8-6-5-7-16(15)17/h5-10,12,15H,11,13H2,1-4H3. The van der Waals surface area contributed by atoms with Gasteiger partial charge in [-0.2, -0.15) is 0 Å². The predicted octanol–water partition coefficient (Wildman–Crippen LogP) is 4.38. The normalized spacial score (nSPS) is 16.1. The largest absolute Gasteiger partial charge is 0.455 e. The van der Waals surface area contributed by atoms with Gasteiger partial charge in [-0.05, 0) is 50.5 Å². The summed E-state index contributed by atoms with van der Waals surface area (Å²) in [5, 5.41) is 0. The van der Waals surface area contributed by atoms with Crippen LogP contribution in [0.25, 0.3) is 0 Å². The monoisotopic (exact) mass is 340 g/mol. The van der Waals surface area contributed by atoms with Crippen LogP contribution in [0, 0.1) is 0 Å². The number of fused-ring (bicyclic) bond motifs is 2. The van der Waals surface area contributed by atoms with Crippen molar-refractivity contribution in [1.82, 2.24) is 9.88 Å². The van der Waals surface area contributed by atoms with E-state index in [9.17, 15) is 4.79 Å². The van der Waals surface area contributed by atoms with E-state index in [-0.39, 0.29) is 12.0 Å². The van der Waals surface area contributed by atoms with E-state index in [0.29, 0.717) is 6.54 Å². The zero-order valence-corrected chi connectivity index (χ0v) is 15.2. The number of para-hydroxylation sites is 1. The van der Waals surface area contributed by atoms with Gasteiger partial charge in [0, 0.05) is 25.7 Å². The van der Waals surface area contributed by atoms with Crippen LogP contribution in [0.4, 0.5) is 4.79 Å². The Morgan fingerprint density at radius 2 is 2.04 bits per heavy atom. The lowest BCUT2D eigenvalue weighted by molar-refractivity contribution is 0.0288. The van der Waals surface area contributed by atoms with Crippen molar-refractivity contribution in [2.45, 2.75) is 38.7 Å². The Hall–Kier alpha value is -2.56. The summed E-state index contributed by atoms with van der Waals surface area (Å²) in [6.07, 6.45) is 3.98. The second-order valence-corrected chi connectivity index (χ2v) is 7.39. The van der Waals surface area contributed by atoms with Crippen molar-refractivity contribution in [1.29, 1.82) is 0 Å². The summed E-state index contributed by atoms with van der Waals surface area (Å²) in [7, 11) is 1.77. The van der Waals surface area contributed by atoms with E-state index in [2.05, 4.69) is 11.1 Å². The van der Waals surface area contributed by atoms with Crippen molar-refractivity contribution >= 4 is 6.09 Å². The Labute approximate surface area is 148 Å². The summed E-state index contributed by atoms with van der Waals surface area (Å²) < 4.78 is 11.5. The molecular weight excluding hydrogens is 316 g/mol. The number of nitrogens with zero attached hydrogens (tertiary/aromatic N) is 2. The first kappa shape index (κ1) is 17.3. The average molecular weight is 340 g/mol. The summed E-state index contributed by atoms with van der Waals surface area (Å²) >= 11 is 0. The molecule has 1 aliphatic rings. The fourth-order valence-corrected chi connectivity index (χ4v) is 2.98. The Morgan fingerprint density at radius 3 is 2.80 bits per heavy atom. The highest BCUT2D eigenvalue weighted by Crippen LogP contribution is 2.39. The van der Waals surface area contributed by atoms with Gasteiger partial charge >= 0.3 is 6.09 Å². The van der Waals surface area contributed by atoms with Crippen molar-refractivity contribution in [2.24, 2.45) is 0 Å². The first-order valence-corrected chi connectivity index (χ1v) is 8.47. The second kappa shape index (κ2) is 6.75. The van der Waals surface area contributed by atoms with Crippen molar-refractivity contribution in [3.8, 4) is 11.5 Å². The molecule has 1 atom stereocenters. The molecule has 5 heteroatoms. The van der Waals surface area contributed by atoms with E-state index >= 15 is 0 Å². The molecule has 0 bridgehead atoms. The van der Waals surface area contributed by atoms with Gasteiger partial charge in [-0.1, -0.05) is 18.2 Å². The van der Waals surface area contributed by atoms with Crippen molar-refractivity contribution in [3.05, 3.63) is 53.9 Å². The van der Waals surface area contributed by atoms with Gasteiger partial charge in [0.25, 0.3) is 0 Å². The molecule has 1 amide bonds. The van der Waals surface area contributed by atoms with E-state index in [1.165, 1.54) is 0 Å². The van der Waals surface area contributed by atoms with Crippen LogP contribution < -0.4 is 4.74 Å². The van der Waals surface area contributed by atoms with E-state index < -0.39 is 5.60 Å². The van der Waals surface area contributed by atoms with Crippen LogP contribution in [-0.4, -0.2) is 35.2 Å². The molecule has 1 aliphatic heterocycles. The van der Waals surface area contributed by atoms with E-state index in [0.717, 1.165) is 29.0 Å². The second-order valence-electron chi connectivity index (χ2n) is 7.39. The minimum Gasteiger partial charge on any atom is -0.455 e. The summed E-state index contributed by atoms with van der Waals surface area (Å²) in [6.45, 7) is 6.17. The molecule has 0 N–H and O–H groups in total. The number of likely N-dealkylation sites (N-methyl/N-ethyl adjacent to an activating group) is 1. The summed E-state index contributed by atoms with van der Waals surface area (Å²) in [5.74, 6) is 1.71. The number of rotatable bonds is 2. The molecule has 0 fully saturated rings. The highest BCUT2D eigenvalue weighted by molar-refractivity contribution is 5.68. The van der Waals surface area contributed by atoms with Gasteiger partial charge < -0.3 is 14.4 Å². The van der Waals surface area contributed by atoms with Gasteiger partial charge in [0.1, 0.15) is 17.1 Å². The molecule has 1 aromatic heterocycles. The number of hydrogen-bond acceptors (Lipinski definition) is 4. The van der Waals surface area contributed by atoms with E-state index in [1.807, 2.05) is 45.0 Å². The summed E-state index contributed by atoms with van der Waals surface area (Å²) in [4.78, 5) is 18.1. The van der Waals surface area contributed by atoms with Gasteiger partial charge in [-0.15, -0.1) is 0 Å². The quantitative estimate of drug-likeness (QED) is 0.814. The van der Waals surface area contributed by atoms with Crippen molar-refractivity contribution in [3.63, 3.8) is 0 Å². The van der Waals surface area contributed by atoms with Crippen molar-refractivity contribution in [2.75, 3.05) is 13.6 Å². The number of pyridine rings is 1. The molecule has 0 aliphatic carbocycles. The number of benzene rings is 1. The molecule has 0 saturated carbocycles. The SMILES string of the molecule is CN(CC1Cc2ccncc2Oc2ccccc21)C(=O)OC(C)(C)C. The zero-order valence-electron chi connectivity index (χ0n) is 15.2. The molecule has 0 saturated heterocycles. The first-order valence-electron chi connectivity index (χ1n) is 8.47. The Balaban J connectivity index is 1.86. The molecule has 5 nitrogen and oxygen atoms in total. The molecule has 0 spiro atoms. The fraction of sp³-hybridized carbons (Fsp3) is 0.400. The highest BCUT2D eigenvalue weighted by Gasteiger charge is 2.27. The third kappa shape index (κ3) is 4.10. The lowest BCUT2D eigenvalue weighted by atomic mass is 9.92. The molecular formula is C20H24N2O3. The summed E-state index contributed by atoms with van der Waals surface area (Å²) in [5.41, 5.74) is 1.68.